The van der Waals surface area contributed by atoms with Gasteiger partial charge in [0.25, 0.3) is 0 Å². The van der Waals surface area contributed by atoms with E-state index in [2.05, 4.69) is 11.9 Å². The van der Waals surface area contributed by atoms with Gasteiger partial charge in [0, 0.05) is 13.0 Å². The van der Waals surface area contributed by atoms with Crippen LogP contribution < -0.4 is 5.73 Å². The van der Waals surface area contributed by atoms with Gasteiger partial charge < -0.3 is 10.6 Å². The average molecular weight is 223 g/mol. The molecule has 0 amide bonds. The van der Waals surface area contributed by atoms with Crippen molar-refractivity contribution in [3.8, 4) is 0 Å². The molecule has 2 fully saturated rings. The van der Waals surface area contributed by atoms with E-state index in [1.54, 1.807) is 0 Å². The number of nitrogens with zero attached hydrogens (tertiary/aromatic N) is 1. The normalized spacial score (nSPS) is 32.5. The van der Waals surface area contributed by atoms with Crippen LogP contribution in [0.3, 0.4) is 0 Å². The molecule has 0 aromatic heterocycles. The van der Waals surface area contributed by atoms with Gasteiger partial charge in [0.15, 0.2) is 0 Å². The Morgan fingerprint density at radius 3 is 2.75 bits per heavy atom. The molecule has 0 aliphatic heterocycles. The van der Waals surface area contributed by atoms with Crippen molar-refractivity contribution in [3.63, 3.8) is 0 Å². The number of hydrogen-bond donors (Lipinski definition) is 2. The van der Waals surface area contributed by atoms with Gasteiger partial charge in [-0.15, -0.1) is 0 Å². The monoisotopic (exact) mass is 223 g/mol. The molecular weight excluding hydrogens is 198 g/mol. The molecule has 16 heavy (non-hydrogen) atoms. The molecule has 2 aliphatic carbocycles. The van der Waals surface area contributed by atoms with Crippen LogP contribution in [0.25, 0.3) is 0 Å². The molecular formula is C13H25N3. The van der Waals surface area contributed by atoms with E-state index in [4.69, 9.17) is 11.1 Å². The summed E-state index contributed by atoms with van der Waals surface area (Å²) in [7, 11) is 2.21. The second kappa shape index (κ2) is 5.17. The molecule has 2 aliphatic rings. The van der Waals surface area contributed by atoms with E-state index in [1.165, 1.54) is 32.2 Å². The van der Waals surface area contributed by atoms with Gasteiger partial charge in [0.2, 0.25) is 0 Å². The minimum absolute atomic E-state index is 0.327. The lowest BCUT2D eigenvalue weighted by Gasteiger charge is -2.27. The standard InChI is InChI=1S/C13H25N3/c1-16(6-2-3-13(14)15)9-12-8-10-4-5-11(12)7-10/h10-12H,2-9H2,1H3,(H3,14,15). The smallest absolute Gasteiger partial charge is 0.0905 e. The number of amidine groups is 1. The maximum Gasteiger partial charge on any atom is 0.0905 e. The maximum atomic E-state index is 7.19. The number of nitrogens with one attached hydrogen (secondary N) is 1. The summed E-state index contributed by atoms with van der Waals surface area (Å²) in [6, 6.07) is 0. The first-order valence-electron chi connectivity index (χ1n) is 6.66. The molecule has 3 atom stereocenters. The fraction of sp³-hybridized carbons (Fsp3) is 0.923. The van der Waals surface area contributed by atoms with E-state index in [0.717, 1.165) is 37.1 Å². The quantitative estimate of drug-likeness (QED) is 0.535. The fourth-order valence-corrected chi connectivity index (χ4v) is 3.63. The Bertz CT molecular complexity index is 252. The summed E-state index contributed by atoms with van der Waals surface area (Å²) in [5.41, 5.74) is 5.36. The van der Waals surface area contributed by atoms with E-state index in [9.17, 15) is 0 Å². The molecule has 2 bridgehead atoms. The van der Waals surface area contributed by atoms with Gasteiger partial charge in [-0.1, -0.05) is 6.42 Å². The molecule has 3 nitrogen and oxygen atoms in total. The summed E-state index contributed by atoms with van der Waals surface area (Å²) in [6.45, 7) is 2.35. The van der Waals surface area contributed by atoms with Crippen molar-refractivity contribution >= 4 is 5.84 Å². The van der Waals surface area contributed by atoms with Gasteiger partial charge >= 0.3 is 0 Å². The molecule has 0 radical (unpaired) electrons. The second-order valence-corrected chi connectivity index (χ2v) is 5.83. The van der Waals surface area contributed by atoms with E-state index in [1.807, 2.05) is 0 Å². The van der Waals surface area contributed by atoms with Crippen LogP contribution in [-0.2, 0) is 0 Å². The Hall–Kier alpha value is -0.570. The second-order valence-electron chi connectivity index (χ2n) is 5.83. The largest absolute Gasteiger partial charge is 0.388 e. The van der Waals surface area contributed by atoms with Gasteiger partial charge in [-0.25, -0.2) is 0 Å². The lowest BCUT2D eigenvalue weighted by molar-refractivity contribution is 0.219. The van der Waals surface area contributed by atoms with Crippen LogP contribution in [0.1, 0.15) is 38.5 Å². The Kier molecular flexibility index (Phi) is 3.85. The van der Waals surface area contributed by atoms with E-state index in [0.29, 0.717) is 5.84 Å². The Balaban J connectivity index is 1.63. The third-order valence-electron chi connectivity index (χ3n) is 4.42. The zero-order valence-corrected chi connectivity index (χ0v) is 10.4. The van der Waals surface area contributed by atoms with Gasteiger partial charge in [-0.3, -0.25) is 5.41 Å². The highest BCUT2D eigenvalue weighted by Crippen LogP contribution is 2.48. The predicted molar refractivity (Wildman–Crippen MR) is 67.6 cm³/mol. The van der Waals surface area contributed by atoms with Crippen molar-refractivity contribution in [2.24, 2.45) is 23.5 Å². The first-order valence-corrected chi connectivity index (χ1v) is 6.66. The maximum absolute atomic E-state index is 7.19. The van der Waals surface area contributed by atoms with Gasteiger partial charge in [0.05, 0.1) is 5.84 Å². The molecule has 2 saturated carbocycles. The molecule has 0 aromatic rings. The summed E-state index contributed by atoms with van der Waals surface area (Å²) in [4.78, 5) is 2.44. The Morgan fingerprint density at radius 1 is 1.38 bits per heavy atom. The molecule has 92 valence electrons. The fourth-order valence-electron chi connectivity index (χ4n) is 3.63. The van der Waals surface area contributed by atoms with E-state index < -0.39 is 0 Å². The minimum Gasteiger partial charge on any atom is -0.388 e. The Morgan fingerprint density at radius 2 is 2.19 bits per heavy atom. The van der Waals surface area contributed by atoms with E-state index >= 15 is 0 Å². The van der Waals surface area contributed by atoms with Crippen LogP contribution in [0.15, 0.2) is 0 Å². The first kappa shape index (κ1) is 11.9. The third kappa shape index (κ3) is 2.97. The highest BCUT2D eigenvalue weighted by molar-refractivity contribution is 5.76. The van der Waals surface area contributed by atoms with Crippen molar-refractivity contribution in [2.45, 2.75) is 38.5 Å². The summed E-state index contributed by atoms with van der Waals surface area (Å²) in [5.74, 6) is 3.37. The van der Waals surface area contributed by atoms with Gasteiger partial charge in [-0.05, 0) is 57.0 Å². The van der Waals surface area contributed by atoms with Crippen molar-refractivity contribution in [1.82, 2.24) is 4.90 Å². The highest BCUT2D eigenvalue weighted by Gasteiger charge is 2.39. The third-order valence-corrected chi connectivity index (χ3v) is 4.42. The van der Waals surface area contributed by atoms with Crippen LogP contribution in [-0.4, -0.2) is 30.9 Å². The SMILES string of the molecule is CN(CCCC(=N)N)CC1CC2CCC1C2. The van der Waals surface area contributed by atoms with Crippen molar-refractivity contribution in [3.05, 3.63) is 0 Å². The number of nitrogens with two attached hydrogens (primary N) is 1. The molecule has 0 heterocycles. The highest BCUT2D eigenvalue weighted by atomic mass is 15.1. The molecule has 0 aromatic carbocycles. The summed E-state index contributed by atoms with van der Waals surface area (Å²) in [6.07, 6.45) is 7.74. The number of fused-ring (bicyclic) bond motifs is 2. The number of hydrogen-bond acceptors (Lipinski definition) is 2. The molecule has 3 unspecified atom stereocenters. The predicted octanol–water partition coefficient (Wildman–Crippen LogP) is 2.07. The topological polar surface area (TPSA) is 53.1 Å². The van der Waals surface area contributed by atoms with Crippen molar-refractivity contribution in [2.75, 3.05) is 20.1 Å². The molecule has 0 saturated heterocycles. The molecule has 3 heteroatoms. The molecule has 3 N–H and O–H groups in total. The minimum atomic E-state index is 0.327. The van der Waals surface area contributed by atoms with Crippen LogP contribution in [0, 0.1) is 23.2 Å². The van der Waals surface area contributed by atoms with Crippen LogP contribution in [0.4, 0.5) is 0 Å². The van der Waals surface area contributed by atoms with Crippen LogP contribution >= 0.6 is 0 Å². The Labute approximate surface area is 98.9 Å². The molecule has 0 spiro atoms. The zero-order valence-electron chi connectivity index (χ0n) is 10.4. The lowest BCUT2D eigenvalue weighted by atomic mass is 9.88. The van der Waals surface area contributed by atoms with E-state index in [-0.39, 0.29) is 0 Å². The summed E-state index contributed by atoms with van der Waals surface area (Å²) >= 11 is 0. The summed E-state index contributed by atoms with van der Waals surface area (Å²) in [5, 5.41) is 7.19. The van der Waals surface area contributed by atoms with Gasteiger partial charge in [-0.2, -0.15) is 0 Å². The van der Waals surface area contributed by atoms with Gasteiger partial charge in [0.1, 0.15) is 0 Å². The summed E-state index contributed by atoms with van der Waals surface area (Å²) < 4.78 is 0. The van der Waals surface area contributed by atoms with Crippen LogP contribution in [0.2, 0.25) is 0 Å². The van der Waals surface area contributed by atoms with Crippen LogP contribution in [0.5, 0.6) is 0 Å². The number of rotatable bonds is 6. The van der Waals surface area contributed by atoms with Crippen molar-refractivity contribution < 1.29 is 0 Å². The van der Waals surface area contributed by atoms with Crippen molar-refractivity contribution in [1.29, 1.82) is 5.41 Å². The lowest BCUT2D eigenvalue weighted by Crippen LogP contribution is -2.30. The first-order chi connectivity index (χ1) is 7.65. The zero-order chi connectivity index (χ0) is 11.5. The molecule has 2 rings (SSSR count). The average Bonchev–Trinajstić information content (AvgIpc) is 2.78.